The number of para-hydroxylation sites is 3. The number of benzene rings is 8. The lowest BCUT2D eigenvalue weighted by atomic mass is 9.91. The lowest BCUT2D eigenvalue weighted by Gasteiger charge is -2.14. The van der Waals surface area contributed by atoms with Gasteiger partial charge in [-0.15, -0.1) is 0 Å². The van der Waals surface area contributed by atoms with Crippen molar-refractivity contribution in [1.82, 2.24) is 19.5 Å². The molecule has 0 amide bonds. The van der Waals surface area contributed by atoms with E-state index in [0.717, 1.165) is 67.3 Å². The maximum atomic E-state index is 5.09. The molecule has 0 saturated carbocycles. The Hall–Kier alpha value is -7.43. The topological polar surface area (TPSA) is 43.6 Å². The van der Waals surface area contributed by atoms with E-state index < -0.39 is 0 Å². The Morgan fingerprint density at radius 1 is 0.345 bits per heavy atom. The molecule has 0 radical (unpaired) electrons. The van der Waals surface area contributed by atoms with Crippen LogP contribution in [0.1, 0.15) is 0 Å². The Bertz CT molecular complexity index is 2870. The van der Waals surface area contributed by atoms with Gasteiger partial charge in [-0.1, -0.05) is 176 Å². The van der Waals surface area contributed by atoms with Crippen molar-refractivity contribution in [2.75, 3.05) is 0 Å². The fourth-order valence-corrected chi connectivity index (χ4v) is 7.57. The highest BCUT2D eigenvalue weighted by atomic mass is 15.1. The van der Waals surface area contributed by atoms with Gasteiger partial charge in [0.05, 0.1) is 22.4 Å². The van der Waals surface area contributed by atoms with Crippen LogP contribution in [0.5, 0.6) is 0 Å². The third-order valence-electron chi connectivity index (χ3n) is 10.3. The molecule has 0 N–H and O–H groups in total. The summed E-state index contributed by atoms with van der Waals surface area (Å²) in [6, 6.07) is 72.1. The number of imidazole rings is 1. The van der Waals surface area contributed by atoms with Crippen molar-refractivity contribution in [3.8, 4) is 73.2 Å². The van der Waals surface area contributed by atoms with Crippen LogP contribution in [0.4, 0.5) is 0 Å². The van der Waals surface area contributed by atoms with Crippen molar-refractivity contribution in [1.29, 1.82) is 0 Å². The number of hydrogen-bond donors (Lipinski definition) is 0. The molecule has 0 unspecified atom stereocenters. The Balaban J connectivity index is 1.03. The minimum Gasteiger partial charge on any atom is -0.292 e. The van der Waals surface area contributed by atoms with Crippen LogP contribution in [0, 0.1) is 0 Å². The van der Waals surface area contributed by atoms with Crippen LogP contribution >= 0.6 is 0 Å². The van der Waals surface area contributed by atoms with Gasteiger partial charge in [0.15, 0.2) is 5.82 Å². The van der Waals surface area contributed by atoms with Gasteiger partial charge in [0.2, 0.25) is 0 Å². The second kappa shape index (κ2) is 13.8. The lowest BCUT2D eigenvalue weighted by molar-refractivity contribution is 1.10. The Morgan fingerprint density at radius 2 is 0.836 bits per heavy atom. The summed E-state index contributed by atoms with van der Waals surface area (Å²) in [5.74, 6) is 1.64. The zero-order valence-corrected chi connectivity index (χ0v) is 29.9. The molecule has 10 rings (SSSR count). The number of aromatic nitrogens is 4. The predicted octanol–water partition coefficient (Wildman–Crippen LogP) is 13.0. The highest BCUT2D eigenvalue weighted by Gasteiger charge is 2.16. The van der Waals surface area contributed by atoms with Crippen molar-refractivity contribution in [2.24, 2.45) is 0 Å². The molecule has 4 nitrogen and oxygen atoms in total. The molecule has 0 spiro atoms. The van der Waals surface area contributed by atoms with Crippen LogP contribution in [0.25, 0.3) is 95.0 Å². The van der Waals surface area contributed by atoms with Crippen LogP contribution < -0.4 is 0 Å². The van der Waals surface area contributed by atoms with E-state index in [1.165, 1.54) is 21.9 Å². The van der Waals surface area contributed by atoms with Crippen LogP contribution in [0.15, 0.2) is 206 Å². The first-order valence-electron chi connectivity index (χ1n) is 18.5. The summed E-state index contributed by atoms with van der Waals surface area (Å²) in [6.07, 6.45) is 0. The van der Waals surface area contributed by atoms with E-state index in [2.05, 4.69) is 162 Å². The van der Waals surface area contributed by atoms with Gasteiger partial charge in [-0.2, -0.15) is 0 Å². The SMILES string of the molecule is c1ccc(-c2cc(-c3ccc(-c4cccc5cccc(-c6ccc(-c7nc8ccccc8n7-c7ccccc7)cc6)c45)cc3)nc(-c3ccccc3)n2)cc1. The van der Waals surface area contributed by atoms with Gasteiger partial charge in [0.1, 0.15) is 5.82 Å². The summed E-state index contributed by atoms with van der Waals surface area (Å²) in [5.41, 5.74) is 13.8. The quantitative estimate of drug-likeness (QED) is 0.166. The fraction of sp³-hybridized carbons (Fsp3) is 0. The van der Waals surface area contributed by atoms with Crippen LogP contribution in [-0.4, -0.2) is 19.5 Å². The largest absolute Gasteiger partial charge is 0.292 e. The lowest BCUT2D eigenvalue weighted by Crippen LogP contribution is -1.97. The molecule has 0 atom stereocenters. The molecule has 0 bridgehead atoms. The van der Waals surface area contributed by atoms with Crippen molar-refractivity contribution in [2.45, 2.75) is 0 Å². The van der Waals surface area contributed by atoms with Crippen LogP contribution in [-0.2, 0) is 0 Å². The molecular weight excluding hydrogens is 669 g/mol. The van der Waals surface area contributed by atoms with E-state index in [1.54, 1.807) is 0 Å². The van der Waals surface area contributed by atoms with Gasteiger partial charge < -0.3 is 0 Å². The summed E-state index contributed by atoms with van der Waals surface area (Å²) >= 11 is 0. The molecule has 0 aliphatic heterocycles. The van der Waals surface area contributed by atoms with Crippen molar-refractivity contribution in [3.63, 3.8) is 0 Å². The van der Waals surface area contributed by atoms with Crippen molar-refractivity contribution >= 4 is 21.8 Å². The summed E-state index contributed by atoms with van der Waals surface area (Å²) in [6.45, 7) is 0. The van der Waals surface area contributed by atoms with Gasteiger partial charge >= 0.3 is 0 Å². The molecule has 0 saturated heterocycles. The highest BCUT2D eigenvalue weighted by molar-refractivity contribution is 6.06. The van der Waals surface area contributed by atoms with Crippen molar-refractivity contribution < 1.29 is 0 Å². The molecule has 8 aromatic carbocycles. The standard InChI is InChI=1S/C51H34N4/c1-4-14-37(15-5-1)46-34-47(53-50(52-46)40-16-6-2-7-17-40)38-30-26-35(27-31-38)43-22-12-18-39-19-13-23-44(49(39)43)36-28-32-41(33-29-36)51-54-45-24-10-11-25-48(45)55(51)42-20-8-3-9-21-42/h1-34H. The monoisotopic (exact) mass is 702 g/mol. The highest BCUT2D eigenvalue weighted by Crippen LogP contribution is 2.39. The summed E-state index contributed by atoms with van der Waals surface area (Å²) in [4.78, 5) is 15.1. The van der Waals surface area contributed by atoms with E-state index in [0.29, 0.717) is 5.82 Å². The Kier molecular flexibility index (Phi) is 8.12. The Labute approximate surface area is 319 Å². The second-order valence-electron chi connectivity index (χ2n) is 13.7. The molecule has 10 aromatic rings. The third-order valence-corrected chi connectivity index (χ3v) is 10.3. The first-order valence-corrected chi connectivity index (χ1v) is 18.5. The van der Waals surface area contributed by atoms with E-state index in [4.69, 9.17) is 15.0 Å². The maximum Gasteiger partial charge on any atom is 0.160 e. The Morgan fingerprint density at radius 3 is 1.45 bits per heavy atom. The van der Waals surface area contributed by atoms with E-state index in [1.807, 2.05) is 48.5 Å². The zero-order valence-electron chi connectivity index (χ0n) is 29.9. The number of hydrogen-bond acceptors (Lipinski definition) is 3. The van der Waals surface area contributed by atoms with Gasteiger partial charge in [-0.25, -0.2) is 15.0 Å². The summed E-state index contributed by atoms with van der Waals surface area (Å²) in [5, 5.41) is 2.42. The van der Waals surface area contributed by atoms with Crippen molar-refractivity contribution in [3.05, 3.63) is 206 Å². The molecular formula is C51H34N4. The molecule has 0 aliphatic carbocycles. The average molecular weight is 703 g/mol. The van der Waals surface area contributed by atoms with Gasteiger partial charge in [0.25, 0.3) is 0 Å². The first kappa shape index (κ1) is 32.2. The smallest absolute Gasteiger partial charge is 0.160 e. The minimum atomic E-state index is 0.711. The van der Waals surface area contributed by atoms with E-state index in [-0.39, 0.29) is 0 Å². The van der Waals surface area contributed by atoms with Crippen LogP contribution in [0.3, 0.4) is 0 Å². The molecule has 55 heavy (non-hydrogen) atoms. The zero-order chi connectivity index (χ0) is 36.6. The molecule has 4 heteroatoms. The third kappa shape index (κ3) is 6.06. The van der Waals surface area contributed by atoms with E-state index in [9.17, 15) is 0 Å². The number of rotatable bonds is 7. The average Bonchev–Trinajstić information content (AvgIpc) is 3.67. The maximum absolute atomic E-state index is 5.09. The molecule has 258 valence electrons. The summed E-state index contributed by atoms with van der Waals surface area (Å²) in [7, 11) is 0. The summed E-state index contributed by atoms with van der Waals surface area (Å²) < 4.78 is 2.25. The first-order chi connectivity index (χ1) is 27.3. The van der Waals surface area contributed by atoms with Gasteiger partial charge in [-0.05, 0) is 63.4 Å². The fourth-order valence-electron chi connectivity index (χ4n) is 7.57. The number of fused-ring (bicyclic) bond motifs is 2. The minimum absolute atomic E-state index is 0.711. The molecule has 0 aliphatic rings. The molecule has 2 heterocycles. The second-order valence-corrected chi connectivity index (χ2v) is 13.7. The molecule has 0 fully saturated rings. The molecule has 2 aromatic heterocycles. The van der Waals surface area contributed by atoms with Gasteiger partial charge in [-0.3, -0.25) is 4.57 Å². The predicted molar refractivity (Wildman–Crippen MR) is 227 cm³/mol. The van der Waals surface area contributed by atoms with Gasteiger partial charge in [0, 0.05) is 27.9 Å². The van der Waals surface area contributed by atoms with Crippen LogP contribution in [0.2, 0.25) is 0 Å². The number of nitrogens with zero attached hydrogens (tertiary/aromatic N) is 4. The van der Waals surface area contributed by atoms with E-state index >= 15 is 0 Å². The normalized spacial score (nSPS) is 11.3.